The van der Waals surface area contributed by atoms with Crippen molar-refractivity contribution in [2.75, 3.05) is 13.2 Å². The maximum absolute atomic E-state index is 10.9. The average Bonchev–Trinajstić information content (AvgIpc) is 2.92. The molecule has 6 heteroatoms. The summed E-state index contributed by atoms with van der Waals surface area (Å²) in [5.41, 5.74) is 3.17. The molecule has 1 aliphatic heterocycles. The van der Waals surface area contributed by atoms with Gasteiger partial charge in [0, 0.05) is 11.6 Å². The van der Waals surface area contributed by atoms with Gasteiger partial charge in [-0.1, -0.05) is 5.16 Å². The zero-order chi connectivity index (χ0) is 14.3. The molecule has 0 unspecified atom stereocenters. The number of nitrogens with zero attached hydrogens (tertiary/aromatic N) is 1. The fraction of sp³-hybridized carbons (Fsp3) is 0.286. The van der Waals surface area contributed by atoms with Crippen LogP contribution in [0.4, 0.5) is 0 Å². The van der Waals surface area contributed by atoms with Crippen molar-refractivity contribution < 1.29 is 23.9 Å². The minimum atomic E-state index is -1.14. The highest BCUT2D eigenvalue weighted by atomic mass is 16.6. The van der Waals surface area contributed by atoms with E-state index in [0.717, 1.165) is 22.4 Å². The van der Waals surface area contributed by atoms with Crippen LogP contribution >= 0.6 is 0 Å². The number of rotatable bonds is 2. The lowest BCUT2D eigenvalue weighted by molar-refractivity contribution is 0.0652. The molecule has 1 aromatic carbocycles. The predicted octanol–water partition coefficient (Wildman–Crippen LogP) is 2.43. The SMILES string of the molecule is Cc1c(-c2cc(C(=O)O)on2)cc2c(c1C)OCCO2. The van der Waals surface area contributed by atoms with E-state index in [-0.39, 0.29) is 5.76 Å². The Morgan fingerprint density at radius 2 is 1.95 bits per heavy atom. The monoisotopic (exact) mass is 275 g/mol. The number of carbonyl (C=O) groups is 1. The van der Waals surface area contributed by atoms with E-state index in [1.54, 1.807) is 6.07 Å². The molecule has 0 saturated heterocycles. The minimum Gasteiger partial charge on any atom is -0.486 e. The van der Waals surface area contributed by atoms with Crippen LogP contribution in [0.15, 0.2) is 16.7 Å². The van der Waals surface area contributed by atoms with Gasteiger partial charge in [-0.2, -0.15) is 0 Å². The number of hydrogen-bond donors (Lipinski definition) is 1. The Hall–Kier alpha value is -2.50. The number of aromatic carboxylic acids is 1. The predicted molar refractivity (Wildman–Crippen MR) is 69.4 cm³/mol. The molecule has 0 amide bonds. The quantitative estimate of drug-likeness (QED) is 0.906. The van der Waals surface area contributed by atoms with Crippen molar-refractivity contribution in [2.24, 2.45) is 0 Å². The van der Waals surface area contributed by atoms with Gasteiger partial charge < -0.3 is 19.1 Å². The maximum atomic E-state index is 10.9. The summed E-state index contributed by atoms with van der Waals surface area (Å²) in [4.78, 5) is 10.9. The van der Waals surface area contributed by atoms with Gasteiger partial charge in [0.2, 0.25) is 5.76 Å². The van der Waals surface area contributed by atoms with Crippen LogP contribution in [-0.2, 0) is 0 Å². The Morgan fingerprint density at radius 1 is 1.20 bits per heavy atom. The molecule has 20 heavy (non-hydrogen) atoms. The topological polar surface area (TPSA) is 81.8 Å². The van der Waals surface area contributed by atoms with E-state index in [4.69, 9.17) is 19.1 Å². The summed E-state index contributed by atoms with van der Waals surface area (Å²) in [6.45, 7) is 4.89. The van der Waals surface area contributed by atoms with E-state index in [1.165, 1.54) is 6.07 Å². The van der Waals surface area contributed by atoms with Gasteiger partial charge >= 0.3 is 5.97 Å². The molecule has 1 aliphatic rings. The Kier molecular flexibility index (Phi) is 2.85. The number of ether oxygens (including phenoxy) is 2. The van der Waals surface area contributed by atoms with Crippen molar-refractivity contribution in [2.45, 2.75) is 13.8 Å². The van der Waals surface area contributed by atoms with E-state index in [1.807, 2.05) is 13.8 Å². The van der Waals surface area contributed by atoms with E-state index in [2.05, 4.69) is 5.16 Å². The summed E-state index contributed by atoms with van der Waals surface area (Å²) in [5, 5.41) is 12.7. The van der Waals surface area contributed by atoms with Gasteiger partial charge in [-0.05, 0) is 31.0 Å². The highest BCUT2D eigenvalue weighted by molar-refractivity contribution is 5.86. The zero-order valence-corrected chi connectivity index (χ0v) is 11.1. The standard InChI is InChI=1S/C14H13NO5/c1-7-8(2)13-11(18-3-4-19-13)5-9(7)10-6-12(14(16)17)20-15-10/h5-6H,3-4H2,1-2H3,(H,16,17). The first-order valence-electron chi connectivity index (χ1n) is 6.18. The summed E-state index contributed by atoms with van der Waals surface area (Å²) in [7, 11) is 0. The first-order valence-corrected chi connectivity index (χ1v) is 6.18. The van der Waals surface area contributed by atoms with E-state index in [0.29, 0.717) is 24.7 Å². The first-order chi connectivity index (χ1) is 9.58. The molecule has 0 bridgehead atoms. The van der Waals surface area contributed by atoms with Crippen LogP contribution in [0.25, 0.3) is 11.3 Å². The van der Waals surface area contributed by atoms with Crippen molar-refractivity contribution >= 4 is 5.97 Å². The van der Waals surface area contributed by atoms with Crippen molar-refractivity contribution in [1.29, 1.82) is 0 Å². The molecule has 3 rings (SSSR count). The fourth-order valence-electron chi connectivity index (χ4n) is 2.21. The van der Waals surface area contributed by atoms with Gasteiger partial charge in [-0.25, -0.2) is 4.79 Å². The molecule has 0 fully saturated rings. The van der Waals surface area contributed by atoms with Gasteiger partial charge in [-0.15, -0.1) is 0 Å². The molecular weight excluding hydrogens is 262 g/mol. The second kappa shape index (κ2) is 4.56. The van der Waals surface area contributed by atoms with Crippen LogP contribution in [0, 0.1) is 13.8 Å². The normalized spacial score (nSPS) is 13.3. The third-order valence-electron chi connectivity index (χ3n) is 3.39. The van der Waals surface area contributed by atoms with Crippen LogP contribution in [0.1, 0.15) is 21.7 Å². The van der Waals surface area contributed by atoms with Crippen LogP contribution in [0.2, 0.25) is 0 Å². The van der Waals surface area contributed by atoms with Crippen molar-refractivity contribution in [3.05, 3.63) is 29.0 Å². The van der Waals surface area contributed by atoms with Crippen molar-refractivity contribution in [1.82, 2.24) is 5.16 Å². The lowest BCUT2D eigenvalue weighted by atomic mass is 9.99. The van der Waals surface area contributed by atoms with Gasteiger partial charge in [-0.3, -0.25) is 0 Å². The molecular formula is C14H13NO5. The Balaban J connectivity index is 2.13. The van der Waals surface area contributed by atoms with Gasteiger partial charge in [0.25, 0.3) is 0 Å². The number of hydrogen-bond acceptors (Lipinski definition) is 5. The molecule has 2 heterocycles. The molecule has 1 N–H and O–H groups in total. The van der Waals surface area contributed by atoms with E-state index < -0.39 is 5.97 Å². The number of aromatic nitrogens is 1. The fourth-order valence-corrected chi connectivity index (χ4v) is 2.21. The molecule has 2 aromatic rings. The van der Waals surface area contributed by atoms with Gasteiger partial charge in [0.15, 0.2) is 11.5 Å². The Bertz CT molecular complexity index is 689. The van der Waals surface area contributed by atoms with Crippen LogP contribution in [0.3, 0.4) is 0 Å². The summed E-state index contributed by atoms with van der Waals surface area (Å²) >= 11 is 0. The summed E-state index contributed by atoms with van der Waals surface area (Å²) in [6.07, 6.45) is 0. The average molecular weight is 275 g/mol. The number of carboxylic acids is 1. The zero-order valence-electron chi connectivity index (χ0n) is 11.1. The summed E-state index contributed by atoms with van der Waals surface area (Å²) in [5.74, 6) is 0.0521. The van der Waals surface area contributed by atoms with Crippen LogP contribution < -0.4 is 9.47 Å². The largest absolute Gasteiger partial charge is 0.486 e. The molecule has 0 saturated carbocycles. The maximum Gasteiger partial charge on any atom is 0.374 e. The van der Waals surface area contributed by atoms with Gasteiger partial charge in [0.05, 0.1) is 0 Å². The molecule has 1 aromatic heterocycles. The Morgan fingerprint density at radius 3 is 2.65 bits per heavy atom. The van der Waals surface area contributed by atoms with Crippen molar-refractivity contribution in [3.8, 4) is 22.8 Å². The molecule has 6 nitrogen and oxygen atoms in total. The number of carboxylic acid groups (broad SMARTS) is 1. The minimum absolute atomic E-state index is 0.188. The third kappa shape index (κ3) is 1.89. The second-order valence-electron chi connectivity index (χ2n) is 4.58. The first kappa shape index (κ1) is 12.5. The molecule has 0 atom stereocenters. The van der Waals surface area contributed by atoms with Crippen molar-refractivity contribution in [3.63, 3.8) is 0 Å². The molecule has 0 aliphatic carbocycles. The van der Waals surface area contributed by atoms with Crippen LogP contribution in [-0.4, -0.2) is 29.4 Å². The lowest BCUT2D eigenvalue weighted by Crippen LogP contribution is -2.16. The third-order valence-corrected chi connectivity index (χ3v) is 3.39. The van der Waals surface area contributed by atoms with Gasteiger partial charge in [0.1, 0.15) is 18.9 Å². The second-order valence-corrected chi connectivity index (χ2v) is 4.58. The molecule has 104 valence electrons. The van der Waals surface area contributed by atoms with Crippen LogP contribution in [0.5, 0.6) is 11.5 Å². The highest BCUT2D eigenvalue weighted by Gasteiger charge is 2.21. The number of benzene rings is 1. The highest BCUT2D eigenvalue weighted by Crippen LogP contribution is 2.40. The molecule has 0 spiro atoms. The molecule has 0 radical (unpaired) electrons. The Labute approximate surface area is 114 Å². The van der Waals surface area contributed by atoms with E-state index in [9.17, 15) is 4.79 Å². The smallest absolute Gasteiger partial charge is 0.374 e. The van der Waals surface area contributed by atoms with E-state index >= 15 is 0 Å². The summed E-state index contributed by atoms with van der Waals surface area (Å²) < 4.78 is 16.0. The lowest BCUT2D eigenvalue weighted by Gasteiger charge is -2.22. The number of fused-ring (bicyclic) bond motifs is 1. The summed E-state index contributed by atoms with van der Waals surface area (Å²) in [6, 6.07) is 3.21.